The minimum absolute atomic E-state index is 0. The Bertz CT molecular complexity index is 132. The average molecular weight is 551 g/mol. The van der Waals surface area contributed by atoms with Gasteiger partial charge in [-0.3, -0.25) is 5.73 Å². The molecule has 0 saturated carbocycles. The van der Waals surface area contributed by atoms with Crippen LogP contribution in [-0.2, 0) is 65.5 Å². The molecule has 0 aromatic carbocycles. The monoisotopic (exact) mass is 550 g/mol. The molecule has 0 bridgehead atoms. The molecule has 12 heteroatoms. The fraction of sp³-hybridized carbons (Fsp3) is 1.00. The van der Waals surface area contributed by atoms with Crippen molar-refractivity contribution in [1.29, 1.82) is 0 Å². The van der Waals surface area contributed by atoms with E-state index < -0.39 is 12.2 Å². The summed E-state index contributed by atoms with van der Waals surface area (Å²) >= 11 is 0. The molecule has 0 spiro atoms. The molecule has 0 radical (unpaired) electrons. The van der Waals surface area contributed by atoms with E-state index in [9.17, 15) is 0 Å². The number of rotatable bonds is 6. The van der Waals surface area contributed by atoms with Gasteiger partial charge in [0.15, 0.2) is 6.23 Å². The van der Waals surface area contributed by atoms with Crippen LogP contribution in [-0.4, -0.2) is 62.5 Å². The molecule has 6 N–H and O–H groups in total. The Morgan fingerprint density at radius 2 is 1.22 bits per heavy atom. The summed E-state index contributed by atoms with van der Waals surface area (Å²) in [6, 6.07) is 0. The third-order valence-electron chi connectivity index (χ3n) is 1.37. The van der Waals surface area contributed by atoms with Crippen LogP contribution in [0.15, 0.2) is 0 Å². The molecule has 0 amide bonds. The fourth-order valence-corrected chi connectivity index (χ4v) is 0.692. The van der Waals surface area contributed by atoms with E-state index in [-0.39, 0.29) is 63.4 Å². The van der Waals surface area contributed by atoms with E-state index >= 15 is 0 Å². The molecular weight excluding hydrogens is 532 g/mol. The second-order valence-corrected chi connectivity index (χ2v) is 1.92. The first kappa shape index (κ1) is 42.8. The average Bonchev–Trinajstić information content (AvgIpc) is 2.13. The van der Waals surface area contributed by atoms with E-state index in [2.05, 4.69) is 9.78 Å². The van der Waals surface area contributed by atoms with E-state index in [1.54, 1.807) is 0 Å². The number of methoxy groups -OCH3 is 3. The van der Waals surface area contributed by atoms with Crippen LogP contribution in [0.3, 0.4) is 0 Å². The number of hydrogen-bond acceptors (Lipinski definition) is 10. The summed E-state index contributed by atoms with van der Waals surface area (Å²) in [6.45, 7) is 0. The summed E-state index contributed by atoms with van der Waals surface area (Å²) in [7, 11) is 5.44. The Balaban J connectivity index is -0.0000000403. The molecule has 0 aliphatic carbocycles. The molecule has 0 aliphatic rings. The molecule has 0 rings (SSSR count). The van der Waals surface area contributed by atoms with Crippen molar-refractivity contribution in [1.82, 2.24) is 0 Å². The molecule has 0 saturated heterocycles. The van der Waals surface area contributed by atoms with Crippen LogP contribution in [0, 0.1) is 0 Å². The molecule has 10 nitrogen and oxygen atoms in total. The van der Waals surface area contributed by atoms with Crippen molar-refractivity contribution >= 4 is 0 Å². The fourth-order valence-electron chi connectivity index (χ4n) is 0.692. The molecular formula is C6H19NO9PdPt. The normalized spacial score (nSPS) is 9.83. The van der Waals surface area contributed by atoms with Crippen LogP contribution in [0.1, 0.15) is 0 Å². The van der Waals surface area contributed by atoms with E-state index in [0.717, 1.165) is 0 Å². The van der Waals surface area contributed by atoms with Gasteiger partial charge < -0.3 is 36.1 Å². The van der Waals surface area contributed by atoms with Gasteiger partial charge in [0.05, 0.1) is 7.11 Å². The summed E-state index contributed by atoms with van der Waals surface area (Å²) in [5.41, 5.74) is 5.48. The Hall–Kier alpha value is 0.951. The summed E-state index contributed by atoms with van der Waals surface area (Å²) < 4.78 is 14.5. The van der Waals surface area contributed by atoms with Gasteiger partial charge in [0.2, 0.25) is 0 Å². The maximum atomic E-state index is 5.48. The first-order valence-electron chi connectivity index (χ1n) is 3.27. The predicted octanol–water partition coefficient (Wildman–Crippen LogP) is -1.27. The van der Waals surface area contributed by atoms with Crippen molar-refractivity contribution < 1.29 is 87.4 Å². The Kier molecular flexibility index (Phi) is 54.8. The van der Waals surface area contributed by atoms with Gasteiger partial charge in [-0.2, -0.15) is 4.89 Å². The van der Waals surface area contributed by atoms with Gasteiger partial charge >= 0.3 is 47.5 Å². The molecule has 0 aromatic rings. The van der Waals surface area contributed by atoms with E-state index in [1.807, 2.05) is 0 Å². The molecule has 1 unspecified atom stereocenters. The zero-order valence-corrected chi connectivity index (χ0v) is 13.9. The third kappa shape index (κ3) is 12.0. The molecule has 0 aliphatic heterocycles. The molecule has 1 atom stereocenters. The molecule has 0 fully saturated rings. The summed E-state index contributed by atoms with van der Waals surface area (Å²) in [5.74, 6) is -1.52. The topological polar surface area (TPSA) is 192 Å². The zero-order chi connectivity index (χ0) is 9.61. The Morgan fingerprint density at radius 1 is 0.889 bits per heavy atom. The van der Waals surface area contributed by atoms with Gasteiger partial charge in [0, 0.05) is 21.3 Å². The Labute approximate surface area is 133 Å². The van der Waals surface area contributed by atoms with Crippen LogP contribution in [0.5, 0.6) is 0 Å². The minimum Gasteiger partial charge on any atom is -0.870 e. The second-order valence-electron chi connectivity index (χ2n) is 1.92. The van der Waals surface area contributed by atoms with Crippen molar-refractivity contribution in [2.45, 2.75) is 12.2 Å². The van der Waals surface area contributed by atoms with Crippen molar-refractivity contribution in [3.8, 4) is 0 Å². The number of ether oxygens (including phenoxy) is 3. The smallest absolute Gasteiger partial charge is 0.870 e. The van der Waals surface area contributed by atoms with Gasteiger partial charge in [-0.05, 0) is 0 Å². The van der Waals surface area contributed by atoms with Crippen LogP contribution in [0.2, 0.25) is 0 Å². The summed E-state index contributed by atoms with van der Waals surface area (Å²) in [5, 5.41) is 0. The molecule has 18 heavy (non-hydrogen) atoms. The van der Waals surface area contributed by atoms with Gasteiger partial charge in [-0.25, -0.2) is 4.89 Å². The predicted molar refractivity (Wildman–Crippen MR) is 47.6 cm³/mol. The first-order chi connectivity index (χ1) is 5.66. The summed E-state index contributed by atoms with van der Waals surface area (Å²) in [4.78, 5) is 9.09. The van der Waals surface area contributed by atoms with Crippen molar-refractivity contribution in [2.24, 2.45) is 5.73 Å². The molecule has 0 heterocycles. The van der Waals surface area contributed by atoms with Gasteiger partial charge in [-0.15, -0.1) is 0 Å². The van der Waals surface area contributed by atoms with Crippen LogP contribution >= 0.6 is 0 Å². The number of hydrogen-bond donors (Lipinski definition) is 1. The maximum absolute atomic E-state index is 5.48. The minimum atomic E-state index is -1.52. The van der Waals surface area contributed by atoms with Crippen molar-refractivity contribution in [3.05, 3.63) is 0 Å². The second kappa shape index (κ2) is 23.1. The van der Waals surface area contributed by atoms with Crippen molar-refractivity contribution in [2.75, 3.05) is 28.4 Å². The maximum Gasteiger partial charge on any atom is 2.00 e. The first-order valence-corrected chi connectivity index (χ1v) is 3.27. The van der Waals surface area contributed by atoms with Crippen molar-refractivity contribution in [3.63, 3.8) is 0 Å². The van der Waals surface area contributed by atoms with E-state index in [1.165, 1.54) is 28.4 Å². The van der Waals surface area contributed by atoms with Gasteiger partial charge in [0.1, 0.15) is 0 Å². The SMILES string of the molecule is COOC(OC)(OC)C(N)OC.[OH-].[OH-].[OH-].[OH-].[Pd+2].[Pt+2]. The van der Waals surface area contributed by atoms with Gasteiger partial charge in [0.25, 0.3) is 0 Å². The van der Waals surface area contributed by atoms with E-state index in [0.29, 0.717) is 0 Å². The van der Waals surface area contributed by atoms with Crippen LogP contribution < -0.4 is 5.73 Å². The zero-order valence-electron chi connectivity index (χ0n) is 10.1. The number of nitrogens with two attached hydrogens (primary N) is 1. The molecule has 122 valence electrons. The molecule has 0 aromatic heterocycles. The standard InChI is InChI=1S/C6H15NO5.4H2O.Pd.Pt/c1-8-5(7)6(9-2,10-3)12-11-4;;;;;;/h5H,7H2,1-4H3;4*1H2;;/q;;;;;2*+2/p-4. The third-order valence-corrected chi connectivity index (χ3v) is 1.37. The van der Waals surface area contributed by atoms with Crippen LogP contribution in [0.4, 0.5) is 0 Å². The summed E-state index contributed by atoms with van der Waals surface area (Å²) in [6.07, 6.45) is -0.896. The largest absolute Gasteiger partial charge is 2.00 e. The quantitative estimate of drug-likeness (QED) is 0.180. The van der Waals surface area contributed by atoms with Crippen LogP contribution in [0.25, 0.3) is 0 Å². The van der Waals surface area contributed by atoms with E-state index in [4.69, 9.17) is 19.9 Å². The Morgan fingerprint density at radius 3 is 1.39 bits per heavy atom. The van der Waals surface area contributed by atoms with Gasteiger partial charge in [-0.1, -0.05) is 0 Å².